The Kier molecular flexibility index (Phi) is 2.71. The van der Waals surface area contributed by atoms with Gasteiger partial charge in [0.15, 0.2) is 5.82 Å². The standard InChI is InChI=1S/C8H15ClN4/c1-5(2)13-7(10)6(9)8(11-13)12(3)4/h5H,10H2,1-4H3. The fourth-order valence-corrected chi connectivity index (χ4v) is 1.39. The Morgan fingerprint density at radius 1 is 1.46 bits per heavy atom. The zero-order valence-corrected chi connectivity index (χ0v) is 9.13. The Labute approximate surface area is 83.3 Å². The molecule has 0 saturated carbocycles. The lowest BCUT2D eigenvalue weighted by Gasteiger charge is -2.08. The van der Waals surface area contributed by atoms with Crippen molar-refractivity contribution in [3.05, 3.63) is 5.02 Å². The average molecular weight is 203 g/mol. The van der Waals surface area contributed by atoms with E-state index in [2.05, 4.69) is 5.10 Å². The van der Waals surface area contributed by atoms with Crippen molar-refractivity contribution in [2.45, 2.75) is 19.9 Å². The van der Waals surface area contributed by atoms with E-state index in [1.54, 1.807) is 4.68 Å². The van der Waals surface area contributed by atoms with Crippen LogP contribution in [-0.2, 0) is 0 Å². The topological polar surface area (TPSA) is 47.1 Å². The van der Waals surface area contributed by atoms with Gasteiger partial charge in [0.25, 0.3) is 0 Å². The molecule has 1 rings (SSSR count). The zero-order valence-electron chi connectivity index (χ0n) is 8.37. The SMILES string of the molecule is CC(C)n1nc(N(C)C)c(Cl)c1N. The summed E-state index contributed by atoms with van der Waals surface area (Å²) in [5, 5.41) is 4.82. The predicted octanol–water partition coefficient (Wildman–Crippen LogP) is 1.77. The van der Waals surface area contributed by atoms with Crippen LogP contribution in [0.2, 0.25) is 5.02 Å². The van der Waals surface area contributed by atoms with E-state index in [9.17, 15) is 0 Å². The van der Waals surface area contributed by atoms with Gasteiger partial charge < -0.3 is 10.6 Å². The van der Waals surface area contributed by atoms with E-state index < -0.39 is 0 Å². The summed E-state index contributed by atoms with van der Waals surface area (Å²) in [6.07, 6.45) is 0. The molecule has 2 N–H and O–H groups in total. The number of nitrogen functional groups attached to an aromatic ring is 1. The van der Waals surface area contributed by atoms with E-state index in [1.807, 2.05) is 32.8 Å². The molecule has 0 aliphatic rings. The van der Waals surface area contributed by atoms with Crippen LogP contribution in [0.4, 0.5) is 11.6 Å². The van der Waals surface area contributed by atoms with E-state index in [1.165, 1.54) is 0 Å². The summed E-state index contributed by atoms with van der Waals surface area (Å²) in [5.41, 5.74) is 5.78. The van der Waals surface area contributed by atoms with Gasteiger partial charge in [0, 0.05) is 20.1 Å². The maximum atomic E-state index is 6.00. The number of rotatable bonds is 2. The van der Waals surface area contributed by atoms with Crippen LogP contribution >= 0.6 is 11.6 Å². The van der Waals surface area contributed by atoms with Gasteiger partial charge >= 0.3 is 0 Å². The highest BCUT2D eigenvalue weighted by molar-refractivity contribution is 6.35. The van der Waals surface area contributed by atoms with Crippen LogP contribution in [-0.4, -0.2) is 23.9 Å². The molecule has 4 nitrogen and oxygen atoms in total. The lowest BCUT2D eigenvalue weighted by molar-refractivity contribution is 0.540. The Morgan fingerprint density at radius 3 is 2.23 bits per heavy atom. The van der Waals surface area contributed by atoms with Gasteiger partial charge in [-0.1, -0.05) is 11.6 Å². The summed E-state index contributed by atoms with van der Waals surface area (Å²) < 4.78 is 1.72. The van der Waals surface area contributed by atoms with Crippen LogP contribution in [0.5, 0.6) is 0 Å². The van der Waals surface area contributed by atoms with E-state index in [-0.39, 0.29) is 6.04 Å². The summed E-state index contributed by atoms with van der Waals surface area (Å²) in [4.78, 5) is 1.84. The van der Waals surface area contributed by atoms with Gasteiger partial charge in [-0.25, -0.2) is 4.68 Å². The van der Waals surface area contributed by atoms with Gasteiger partial charge in [-0.2, -0.15) is 5.10 Å². The fourth-order valence-electron chi connectivity index (χ4n) is 1.09. The molecule has 0 aliphatic carbocycles. The van der Waals surface area contributed by atoms with Crippen molar-refractivity contribution >= 4 is 23.2 Å². The van der Waals surface area contributed by atoms with Crippen molar-refractivity contribution in [1.82, 2.24) is 9.78 Å². The molecule has 0 amide bonds. The van der Waals surface area contributed by atoms with Crippen molar-refractivity contribution in [3.8, 4) is 0 Å². The molecule has 1 aromatic heterocycles. The number of aromatic nitrogens is 2. The summed E-state index contributed by atoms with van der Waals surface area (Å²) in [6, 6.07) is 0.228. The first-order chi connectivity index (χ1) is 5.95. The summed E-state index contributed by atoms with van der Waals surface area (Å²) in [7, 11) is 3.77. The van der Waals surface area contributed by atoms with Gasteiger partial charge in [-0.05, 0) is 13.8 Å². The maximum Gasteiger partial charge on any atom is 0.171 e. The second-order valence-electron chi connectivity index (χ2n) is 3.46. The number of anilines is 2. The van der Waals surface area contributed by atoms with E-state index in [0.29, 0.717) is 16.7 Å². The average Bonchev–Trinajstić information content (AvgIpc) is 2.29. The number of nitrogens with two attached hydrogens (primary N) is 1. The smallest absolute Gasteiger partial charge is 0.171 e. The molecule has 0 spiro atoms. The molecular weight excluding hydrogens is 188 g/mol. The molecule has 1 aromatic rings. The highest BCUT2D eigenvalue weighted by atomic mass is 35.5. The Bertz CT molecular complexity index is 275. The van der Waals surface area contributed by atoms with E-state index in [0.717, 1.165) is 0 Å². The number of hydrogen-bond acceptors (Lipinski definition) is 3. The zero-order chi connectivity index (χ0) is 10.2. The highest BCUT2D eigenvalue weighted by Gasteiger charge is 2.16. The third-order valence-electron chi connectivity index (χ3n) is 1.78. The monoisotopic (exact) mass is 202 g/mol. The quantitative estimate of drug-likeness (QED) is 0.795. The summed E-state index contributed by atoms with van der Waals surface area (Å²) in [5.74, 6) is 1.24. The summed E-state index contributed by atoms with van der Waals surface area (Å²) >= 11 is 6.00. The van der Waals surface area contributed by atoms with Gasteiger partial charge in [-0.3, -0.25) is 0 Å². The fraction of sp³-hybridized carbons (Fsp3) is 0.625. The van der Waals surface area contributed by atoms with Gasteiger partial charge in [0.1, 0.15) is 10.8 Å². The Morgan fingerprint density at radius 2 is 2.00 bits per heavy atom. The highest BCUT2D eigenvalue weighted by Crippen LogP contribution is 2.30. The molecule has 0 radical (unpaired) electrons. The number of hydrogen-bond donors (Lipinski definition) is 1. The first kappa shape index (κ1) is 10.2. The molecule has 0 atom stereocenters. The van der Waals surface area contributed by atoms with Crippen molar-refractivity contribution < 1.29 is 0 Å². The van der Waals surface area contributed by atoms with Crippen molar-refractivity contribution in [3.63, 3.8) is 0 Å². The Hall–Kier alpha value is -0.900. The van der Waals surface area contributed by atoms with Crippen LogP contribution < -0.4 is 10.6 Å². The van der Waals surface area contributed by atoms with Crippen molar-refractivity contribution in [2.75, 3.05) is 24.7 Å². The minimum atomic E-state index is 0.228. The van der Waals surface area contributed by atoms with E-state index >= 15 is 0 Å². The van der Waals surface area contributed by atoms with Crippen LogP contribution in [0.25, 0.3) is 0 Å². The van der Waals surface area contributed by atoms with Crippen LogP contribution in [0.15, 0.2) is 0 Å². The second kappa shape index (κ2) is 3.46. The lowest BCUT2D eigenvalue weighted by atomic mass is 10.4. The largest absolute Gasteiger partial charge is 0.383 e. The third kappa shape index (κ3) is 1.72. The molecule has 1 heterocycles. The van der Waals surface area contributed by atoms with Gasteiger partial charge in [0.05, 0.1) is 0 Å². The normalized spacial score (nSPS) is 10.9. The van der Waals surface area contributed by atoms with Gasteiger partial charge in [0.2, 0.25) is 0 Å². The lowest BCUT2D eigenvalue weighted by Crippen LogP contribution is -2.11. The van der Waals surface area contributed by atoms with Crippen molar-refractivity contribution in [1.29, 1.82) is 0 Å². The maximum absolute atomic E-state index is 6.00. The van der Waals surface area contributed by atoms with Crippen molar-refractivity contribution in [2.24, 2.45) is 0 Å². The molecule has 0 fully saturated rings. The van der Waals surface area contributed by atoms with Crippen LogP contribution in [0, 0.1) is 0 Å². The molecule has 0 aliphatic heterocycles. The third-order valence-corrected chi connectivity index (χ3v) is 2.15. The number of nitrogens with zero attached hydrogens (tertiary/aromatic N) is 3. The second-order valence-corrected chi connectivity index (χ2v) is 3.83. The Balaban J connectivity index is 3.20. The first-order valence-electron chi connectivity index (χ1n) is 4.16. The minimum Gasteiger partial charge on any atom is -0.383 e. The molecule has 74 valence electrons. The molecule has 0 bridgehead atoms. The number of halogens is 1. The predicted molar refractivity (Wildman–Crippen MR) is 56.4 cm³/mol. The molecule has 0 unspecified atom stereocenters. The minimum absolute atomic E-state index is 0.228. The molecule has 0 aromatic carbocycles. The molecule has 5 heteroatoms. The summed E-state index contributed by atoms with van der Waals surface area (Å²) in [6.45, 7) is 4.03. The first-order valence-corrected chi connectivity index (χ1v) is 4.53. The van der Waals surface area contributed by atoms with Crippen LogP contribution in [0.3, 0.4) is 0 Å². The molecule has 13 heavy (non-hydrogen) atoms. The van der Waals surface area contributed by atoms with Crippen LogP contribution in [0.1, 0.15) is 19.9 Å². The molecular formula is C8H15ClN4. The van der Waals surface area contributed by atoms with E-state index in [4.69, 9.17) is 17.3 Å². The molecule has 0 saturated heterocycles. The van der Waals surface area contributed by atoms with Gasteiger partial charge in [-0.15, -0.1) is 0 Å².